The zero-order chi connectivity index (χ0) is 21.2. The van der Waals surface area contributed by atoms with Crippen LogP contribution in [0.15, 0.2) is 48.8 Å². The Morgan fingerprint density at radius 2 is 2.00 bits per heavy atom. The average Bonchev–Trinajstić information content (AvgIpc) is 2.68. The van der Waals surface area contributed by atoms with Gasteiger partial charge in [0.05, 0.1) is 18.2 Å². The standard InChI is InChI=1S/C19H22N6O3S/c20-18(21)13-5-1-2-6-14(13)25-19(29)23-9-7-16(26)24-15(10-17(27)28)12-4-3-8-22-11-12/h1-6,8,11,15H,7,9-10H2,(H3,20,21)(H,24,26)(H,27,28)(H2,23,25,29). The van der Waals surface area contributed by atoms with E-state index in [1.54, 1.807) is 42.6 Å². The van der Waals surface area contributed by atoms with E-state index >= 15 is 0 Å². The lowest BCUT2D eigenvalue weighted by atomic mass is 10.1. The highest BCUT2D eigenvalue weighted by molar-refractivity contribution is 7.80. The Hall–Kier alpha value is -3.53. The van der Waals surface area contributed by atoms with Crippen molar-refractivity contribution in [1.29, 1.82) is 5.41 Å². The van der Waals surface area contributed by atoms with Crippen LogP contribution in [0.4, 0.5) is 5.69 Å². The molecule has 10 heteroatoms. The number of thiocarbonyl (C=S) groups is 1. The number of nitrogens with zero attached hydrogens (tertiary/aromatic N) is 1. The summed E-state index contributed by atoms with van der Waals surface area (Å²) in [5, 5.41) is 25.5. The van der Waals surface area contributed by atoms with Crippen molar-refractivity contribution < 1.29 is 14.7 Å². The van der Waals surface area contributed by atoms with Gasteiger partial charge in [-0.2, -0.15) is 0 Å². The van der Waals surface area contributed by atoms with Crippen LogP contribution in [-0.2, 0) is 9.59 Å². The summed E-state index contributed by atoms with van der Waals surface area (Å²) in [6.07, 6.45) is 2.95. The van der Waals surface area contributed by atoms with Crippen molar-refractivity contribution in [2.45, 2.75) is 18.9 Å². The molecule has 2 aromatic rings. The second-order valence-corrected chi connectivity index (χ2v) is 6.50. The Labute approximate surface area is 173 Å². The van der Waals surface area contributed by atoms with E-state index in [0.29, 0.717) is 16.8 Å². The summed E-state index contributed by atoms with van der Waals surface area (Å²) in [4.78, 5) is 27.3. The number of aromatic nitrogens is 1. The average molecular weight is 414 g/mol. The molecule has 2 rings (SSSR count). The molecule has 0 aliphatic carbocycles. The fourth-order valence-corrected chi connectivity index (χ4v) is 2.77. The largest absolute Gasteiger partial charge is 0.481 e. The predicted octanol–water partition coefficient (Wildman–Crippen LogP) is 1.37. The number of nitrogens with two attached hydrogens (primary N) is 1. The maximum Gasteiger partial charge on any atom is 0.305 e. The molecule has 7 N–H and O–H groups in total. The number of carbonyl (C=O) groups excluding carboxylic acids is 1. The Balaban J connectivity index is 1.84. The van der Waals surface area contributed by atoms with Crippen LogP contribution in [0.25, 0.3) is 0 Å². The van der Waals surface area contributed by atoms with E-state index < -0.39 is 12.0 Å². The third-order valence-corrected chi connectivity index (χ3v) is 4.15. The van der Waals surface area contributed by atoms with Crippen LogP contribution in [0.3, 0.4) is 0 Å². The number of anilines is 1. The van der Waals surface area contributed by atoms with E-state index in [1.807, 2.05) is 0 Å². The highest BCUT2D eigenvalue weighted by Gasteiger charge is 2.18. The number of hydrogen-bond donors (Lipinski definition) is 6. The molecule has 1 unspecified atom stereocenters. The minimum atomic E-state index is -1.02. The van der Waals surface area contributed by atoms with Gasteiger partial charge in [-0.1, -0.05) is 18.2 Å². The maximum atomic E-state index is 12.2. The number of benzene rings is 1. The van der Waals surface area contributed by atoms with Crippen molar-refractivity contribution in [3.8, 4) is 0 Å². The molecule has 0 bridgehead atoms. The van der Waals surface area contributed by atoms with Crippen molar-refractivity contribution in [1.82, 2.24) is 15.6 Å². The van der Waals surface area contributed by atoms with Gasteiger partial charge < -0.3 is 26.8 Å². The third-order valence-electron chi connectivity index (χ3n) is 3.90. The molecule has 1 aromatic heterocycles. The van der Waals surface area contributed by atoms with Crippen LogP contribution in [-0.4, -0.2) is 39.5 Å². The number of hydrogen-bond acceptors (Lipinski definition) is 5. The van der Waals surface area contributed by atoms with Crippen molar-refractivity contribution >= 4 is 40.7 Å². The lowest BCUT2D eigenvalue weighted by molar-refractivity contribution is -0.137. The van der Waals surface area contributed by atoms with Crippen molar-refractivity contribution in [2.24, 2.45) is 5.73 Å². The van der Waals surface area contributed by atoms with E-state index in [1.165, 1.54) is 6.20 Å². The van der Waals surface area contributed by atoms with Crippen LogP contribution >= 0.6 is 12.2 Å². The fourth-order valence-electron chi connectivity index (χ4n) is 2.56. The zero-order valence-corrected chi connectivity index (χ0v) is 16.3. The molecular weight excluding hydrogens is 392 g/mol. The Kier molecular flexibility index (Phi) is 8.04. The molecule has 0 saturated heterocycles. The summed E-state index contributed by atoms with van der Waals surface area (Å²) < 4.78 is 0. The number of aliphatic carboxylic acids is 1. The monoisotopic (exact) mass is 414 g/mol. The van der Waals surface area contributed by atoms with Gasteiger partial charge in [-0.3, -0.25) is 20.0 Å². The number of rotatable bonds is 9. The van der Waals surface area contributed by atoms with E-state index in [2.05, 4.69) is 20.9 Å². The first-order valence-electron chi connectivity index (χ1n) is 8.76. The summed E-state index contributed by atoms with van der Waals surface area (Å²) in [5.74, 6) is -1.43. The van der Waals surface area contributed by atoms with Gasteiger partial charge in [0.2, 0.25) is 5.91 Å². The van der Waals surface area contributed by atoms with Gasteiger partial charge in [0.15, 0.2) is 5.11 Å². The van der Waals surface area contributed by atoms with E-state index in [9.17, 15) is 9.59 Å². The third kappa shape index (κ3) is 7.18. The summed E-state index contributed by atoms with van der Waals surface area (Å²) in [7, 11) is 0. The normalized spacial score (nSPS) is 11.2. The minimum Gasteiger partial charge on any atom is -0.481 e. The molecule has 0 fully saturated rings. The SMILES string of the molecule is N=C(N)c1ccccc1NC(=S)NCCC(=O)NC(CC(=O)O)c1cccnc1. The first-order valence-corrected chi connectivity index (χ1v) is 9.17. The van der Waals surface area contributed by atoms with Gasteiger partial charge in [0.25, 0.3) is 0 Å². The number of nitrogen functional groups attached to an aromatic ring is 1. The number of pyridine rings is 1. The van der Waals surface area contributed by atoms with Gasteiger partial charge in [-0.15, -0.1) is 0 Å². The summed E-state index contributed by atoms with van der Waals surface area (Å²) in [6.45, 7) is 0.243. The van der Waals surface area contributed by atoms with Crippen molar-refractivity contribution in [3.63, 3.8) is 0 Å². The number of amidine groups is 1. The molecule has 9 nitrogen and oxygen atoms in total. The molecule has 0 radical (unpaired) electrons. The molecule has 152 valence electrons. The Bertz CT molecular complexity index is 891. The molecule has 1 heterocycles. The van der Waals surface area contributed by atoms with Gasteiger partial charge in [0.1, 0.15) is 5.84 Å². The molecule has 0 spiro atoms. The van der Waals surface area contributed by atoms with Gasteiger partial charge in [0, 0.05) is 30.9 Å². The second-order valence-electron chi connectivity index (χ2n) is 6.09. The summed E-state index contributed by atoms with van der Waals surface area (Å²) in [6, 6.07) is 9.71. The van der Waals surface area contributed by atoms with Gasteiger partial charge in [-0.25, -0.2) is 0 Å². The van der Waals surface area contributed by atoms with Crippen LogP contribution in [0.1, 0.15) is 30.0 Å². The zero-order valence-electron chi connectivity index (χ0n) is 15.5. The minimum absolute atomic E-state index is 0.0878. The number of para-hydroxylation sites is 1. The molecule has 0 saturated carbocycles. The maximum absolute atomic E-state index is 12.2. The van der Waals surface area contributed by atoms with E-state index in [0.717, 1.165) is 0 Å². The molecule has 1 amide bonds. The molecule has 1 atom stereocenters. The molecule has 29 heavy (non-hydrogen) atoms. The van der Waals surface area contributed by atoms with E-state index in [4.69, 9.17) is 28.5 Å². The predicted molar refractivity (Wildman–Crippen MR) is 114 cm³/mol. The number of carboxylic acids is 1. The highest BCUT2D eigenvalue weighted by atomic mass is 32.1. The molecule has 1 aromatic carbocycles. The quantitative estimate of drug-likeness (QED) is 0.204. The number of carbonyl (C=O) groups is 2. The van der Waals surface area contributed by atoms with Crippen molar-refractivity contribution in [3.05, 3.63) is 59.9 Å². The van der Waals surface area contributed by atoms with Gasteiger partial charge in [-0.05, 0) is 36.0 Å². The first kappa shape index (κ1) is 21.8. The van der Waals surface area contributed by atoms with Crippen molar-refractivity contribution in [2.75, 3.05) is 11.9 Å². The Morgan fingerprint density at radius 1 is 1.24 bits per heavy atom. The Morgan fingerprint density at radius 3 is 2.66 bits per heavy atom. The number of amides is 1. The van der Waals surface area contributed by atoms with Crippen LogP contribution in [0, 0.1) is 5.41 Å². The summed E-state index contributed by atoms with van der Waals surface area (Å²) >= 11 is 5.20. The van der Waals surface area contributed by atoms with Crippen LogP contribution in [0.5, 0.6) is 0 Å². The molecular formula is C19H22N6O3S. The fraction of sp³-hybridized carbons (Fsp3) is 0.211. The highest BCUT2D eigenvalue weighted by Crippen LogP contribution is 2.16. The topological polar surface area (TPSA) is 153 Å². The second kappa shape index (κ2) is 10.7. The van der Waals surface area contributed by atoms with E-state index in [-0.39, 0.29) is 36.2 Å². The summed E-state index contributed by atoms with van der Waals surface area (Å²) in [5.41, 5.74) is 7.26. The molecule has 0 aliphatic heterocycles. The molecule has 0 aliphatic rings. The van der Waals surface area contributed by atoms with Gasteiger partial charge >= 0.3 is 5.97 Å². The lowest BCUT2D eigenvalue weighted by Crippen LogP contribution is -2.35. The van der Waals surface area contributed by atoms with Crippen LogP contribution < -0.4 is 21.7 Å². The number of nitrogens with one attached hydrogen (secondary N) is 4. The smallest absolute Gasteiger partial charge is 0.305 e. The number of carboxylic acid groups (broad SMARTS) is 1. The lowest BCUT2D eigenvalue weighted by Gasteiger charge is -2.17. The van der Waals surface area contributed by atoms with Crippen LogP contribution in [0.2, 0.25) is 0 Å². The first-order chi connectivity index (χ1) is 13.9.